The van der Waals surface area contributed by atoms with E-state index in [1.54, 1.807) is 13.2 Å². The molecule has 0 spiro atoms. The number of hydrogen-bond donors (Lipinski definition) is 0. The Morgan fingerprint density at radius 1 is 1.07 bits per heavy atom. The van der Waals surface area contributed by atoms with Crippen molar-refractivity contribution in [3.63, 3.8) is 0 Å². The van der Waals surface area contributed by atoms with Gasteiger partial charge in [0.2, 0.25) is 0 Å². The summed E-state index contributed by atoms with van der Waals surface area (Å²) in [5.74, 6) is 1.55. The van der Waals surface area contributed by atoms with Crippen LogP contribution in [-0.2, 0) is 11.2 Å². The Balaban J connectivity index is 1.28. The molecule has 2 heterocycles. The minimum absolute atomic E-state index is 0.0342. The predicted octanol–water partition coefficient (Wildman–Crippen LogP) is 2.85. The minimum atomic E-state index is 0.0342. The molecule has 7 nitrogen and oxygen atoms in total. The van der Waals surface area contributed by atoms with Crippen molar-refractivity contribution in [1.82, 2.24) is 14.8 Å². The number of carbonyl (C=O) groups excluding carboxylic acids is 1. The molecule has 1 saturated heterocycles. The molecule has 0 radical (unpaired) electrons. The van der Waals surface area contributed by atoms with Crippen molar-refractivity contribution in [2.45, 2.75) is 6.42 Å². The summed E-state index contributed by atoms with van der Waals surface area (Å²) in [4.78, 5) is 21.6. The van der Waals surface area contributed by atoms with Crippen LogP contribution in [0.25, 0.3) is 11.1 Å². The van der Waals surface area contributed by atoms with Gasteiger partial charge in [0.1, 0.15) is 17.9 Å². The first-order valence-electron chi connectivity index (χ1n) is 10.3. The largest absolute Gasteiger partial charge is 0.492 e. The van der Waals surface area contributed by atoms with Gasteiger partial charge < -0.3 is 18.8 Å². The lowest BCUT2D eigenvalue weighted by Gasteiger charge is -2.34. The fourth-order valence-electron chi connectivity index (χ4n) is 3.57. The number of fused-ring (bicyclic) bond motifs is 1. The second kappa shape index (κ2) is 9.73. The van der Waals surface area contributed by atoms with Gasteiger partial charge >= 0.3 is 0 Å². The quantitative estimate of drug-likeness (QED) is 0.570. The van der Waals surface area contributed by atoms with E-state index in [1.165, 1.54) is 0 Å². The van der Waals surface area contributed by atoms with Gasteiger partial charge in [0.25, 0.3) is 5.91 Å². The van der Waals surface area contributed by atoms with Crippen LogP contribution >= 0.6 is 0 Å². The lowest BCUT2D eigenvalue weighted by Crippen LogP contribution is -2.49. The zero-order valence-electron chi connectivity index (χ0n) is 17.3. The van der Waals surface area contributed by atoms with Gasteiger partial charge in [-0.1, -0.05) is 18.2 Å². The molecule has 0 bridgehead atoms. The average Bonchev–Trinajstić information content (AvgIpc) is 3.20. The van der Waals surface area contributed by atoms with E-state index in [2.05, 4.69) is 9.88 Å². The molecule has 2 aromatic carbocycles. The number of oxazole rings is 1. The Kier molecular flexibility index (Phi) is 6.61. The van der Waals surface area contributed by atoms with Gasteiger partial charge in [-0.2, -0.15) is 0 Å². The van der Waals surface area contributed by atoms with Crippen LogP contribution in [0.15, 0.2) is 52.9 Å². The molecule has 1 fully saturated rings. The van der Waals surface area contributed by atoms with E-state index in [0.29, 0.717) is 49.8 Å². The second-order valence-electron chi connectivity index (χ2n) is 7.33. The molecular formula is C23H27N3O4. The van der Waals surface area contributed by atoms with E-state index < -0.39 is 0 Å². The first-order chi connectivity index (χ1) is 14.7. The van der Waals surface area contributed by atoms with Gasteiger partial charge in [0, 0.05) is 51.8 Å². The molecular weight excluding hydrogens is 382 g/mol. The van der Waals surface area contributed by atoms with Crippen molar-refractivity contribution < 1.29 is 18.7 Å². The standard InChI is InChI=1S/C23H27N3O4/c1-28-15-9-22-24-20-8-7-18(17-21(20)30-22)23(27)26-12-10-25(11-13-26)14-16-29-19-5-3-2-4-6-19/h2-8,17H,9-16H2,1H3. The third kappa shape index (κ3) is 4.98. The van der Waals surface area contributed by atoms with Crippen LogP contribution in [0, 0.1) is 0 Å². The summed E-state index contributed by atoms with van der Waals surface area (Å²) in [5.41, 5.74) is 2.04. The summed E-state index contributed by atoms with van der Waals surface area (Å²) in [5, 5.41) is 0. The molecule has 0 N–H and O–H groups in total. The Hall–Kier alpha value is -2.90. The Morgan fingerprint density at radius 3 is 2.63 bits per heavy atom. The smallest absolute Gasteiger partial charge is 0.254 e. The zero-order chi connectivity index (χ0) is 20.8. The third-order valence-corrected chi connectivity index (χ3v) is 5.28. The molecule has 3 aromatic rings. The van der Waals surface area contributed by atoms with Crippen LogP contribution in [0.5, 0.6) is 5.75 Å². The fourth-order valence-corrected chi connectivity index (χ4v) is 3.57. The van der Waals surface area contributed by atoms with Crippen molar-refractivity contribution in [3.05, 3.63) is 60.0 Å². The number of para-hydroxylation sites is 1. The molecule has 7 heteroatoms. The molecule has 0 aliphatic carbocycles. The third-order valence-electron chi connectivity index (χ3n) is 5.28. The van der Waals surface area contributed by atoms with E-state index >= 15 is 0 Å². The van der Waals surface area contributed by atoms with Crippen LogP contribution < -0.4 is 4.74 Å². The highest BCUT2D eigenvalue weighted by Gasteiger charge is 2.22. The highest BCUT2D eigenvalue weighted by molar-refractivity contribution is 5.97. The molecule has 1 aromatic heterocycles. The number of carbonyl (C=O) groups is 1. The second-order valence-corrected chi connectivity index (χ2v) is 7.33. The number of benzene rings is 2. The van der Waals surface area contributed by atoms with Gasteiger partial charge in [-0.25, -0.2) is 4.98 Å². The summed E-state index contributed by atoms with van der Waals surface area (Å²) >= 11 is 0. The van der Waals surface area contributed by atoms with E-state index in [0.717, 1.165) is 30.9 Å². The number of piperazine rings is 1. The molecule has 0 atom stereocenters. The van der Waals surface area contributed by atoms with Gasteiger partial charge in [-0.3, -0.25) is 9.69 Å². The highest BCUT2D eigenvalue weighted by atomic mass is 16.5. The van der Waals surface area contributed by atoms with E-state index in [-0.39, 0.29) is 5.91 Å². The molecule has 0 unspecified atom stereocenters. The SMILES string of the molecule is COCCc1nc2ccc(C(=O)N3CCN(CCOc4ccccc4)CC3)cc2o1. The summed E-state index contributed by atoms with van der Waals surface area (Å²) in [6.45, 7) is 5.15. The van der Waals surface area contributed by atoms with Crippen molar-refractivity contribution in [2.24, 2.45) is 0 Å². The van der Waals surface area contributed by atoms with Crippen LogP contribution in [0.2, 0.25) is 0 Å². The summed E-state index contributed by atoms with van der Waals surface area (Å²) in [6.07, 6.45) is 0.615. The molecule has 4 rings (SSSR count). The highest BCUT2D eigenvalue weighted by Crippen LogP contribution is 2.19. The first kappa shape index (κ1) is 20.4. The zero-order valence-corrected chi connectivity index (χ0v) is 17.3. The maximum absolute atomic E-state index is 12.9. The van der Waals surface area contributed by atoms with E-state index in [1.807, 2.05) is 47.4 Å². The van der Waals surface area contributed by atoms with Crippen LogP contribution in [0.4, 0.5) is 0 Å². The Labute approximate surface area is 176 Å². The summed E-state index contributed by atoms with van der Waals surface area (Å²) < 4.78 is 16.6. The molecule has 0 saturated carbocycles. The fraction of sp³-hybridized carbons (Fsp3) is 0.391. The van der Waals surface area contributed by atoms with Gasteiger partial charge in [-0.05, 0) is 30.3 Å². The van der Waals surface area contributed by atoms with E-state index in [4.69, 9.17) is 13.9 Å². The number of ether oxygens (including phenoxy) is 2. The molecule has 1 amide bonds. The minimum Gasteiger partial charge on any atom is -0.492 e. The number of nitrogens with zero attached hydrogens (tertiary/aromatic N) is 3. The molecule has 30 heavy (non-hydrogen) atoms. The number of methoxy groups -OCH3 is 1. The molecule has 1 aliphatic rings. The molecule has 158 valence electrons. The van der Waals surface area contributed by atoms with Crippen LogP contribution in [0.3, 0.4) is 0 Å². The first-order valence-corrected chi connectivity index (χ1v) is 10.3. The van der Waals surface area contributed by atoms with Crippen LogP contribution in [-0.4, -0.2) is 73.7 Å². The van der Waals surface area contributed by atoms with Crippen LogP contribution in [0.1, 0.15) is 16.2 Å². The van der Waals surface area contributed by atoms with Gasteiger partial charge in [-0.15, -0.1) is 0 Å². The Morgan fingerprint density at radius 2 is 1.87 bits per heavy atom. The monoisotopic (exact) mass is 409 g/mol. The van der Waals surface area contributed by atoms with Gasteiger partial charge in [0.15, 0.2) is 11.5 Å². The lowest BCUT2D eigenvalue weighted by atomic mass is 10.1. The number of amides is 1. The summed E-state index contributed by atoms with van der Waals surface area (Å²) in [6, 6.07) is 15.3. The van der Waals surface area contributed by atoms with Crippen molar-refractivity contribution in [2.75, 3.05) is 53.0 Å². The number of hydrogen-bond acceptors (Lipinski definition) is 6. The average molecular weight is 409 g/mol. The van der Waals surface area contributed by atoms with E-state index in [9.17, 15) is 4.79 Å². The number of aromatic nitrogens is 1. The van der Waals surface area contributed by atoms with Crippen molar-refractivity contribution in [1.29, 1.82) is 0 Å². The topological polar surface area (TPSA) is 68.0 Å². The maximum Gasteiger partial charge on any atom is 0.254 e. The maximum atomic E-state index is 12.9. The lowest BCUT2D eigenvalue weighted by molar-refractivity contribution is 0.0620. The number of rotatable bonds is 8. The molecule has 1 aliphatic heterocycles. The van der Waals surface area contributed by atoms with Gasteiger partial charge in [0.05, 0.1) is 6.61 Å². The Bertz CT molecular complexity index is 965. The normalized spacial score (nSPS) is 14.9. The van der Waals surface area contributed by atoms with Crippen molar-refractivity contribution in [3.8, 4) is 5.75 Å². The van der Waals surface area contributed by atoms with Crippen molar-refractivity contribution >= 4 is 17.0 Å². The summed E-state index contributed by atoms with van der Waals surface area (Å²) in [7, 11) is 1.65. The predicted molar refractivity (Wildman–Crippen MR) is 114 cm³/mol.